The number of aliphatic hydroxyl groups is 1. The number of rotatable bonds is 6. The summed E-state index contributed by atoms with van der Waals surface area (Å²) in [4.78, 5) is 0.284. The molecule has 6 heteroatoms. The summed E-state index contributed by atoms with van der Waals surface area (Å²) in [6.45, 7) is 3.41. The Balaban J connectivity index is 2.08. The molecular weight excluding hydrogens is 290 g/mol. The third-order valence-electron chi connectivity index (χ3n) is 3.33. The maximum absolute atomic E-state index is 12.5. The highest BCUT2D eigenvalue weighted by Gasteiger charge is 2.25. The molecule has 0 saturated carbocycles. The number of sulfonamides is 1. The van der Waals surface area contributed by atoms with Gasteiger partial charge >= 0.3 is 0 Å². The van der Waals surface area contributed by atoms with Crippen LogP contribution in [0, 0.1) is 0 Å². The molecule has 0 spiro atoms. The van der Waals surface area contributed by atoms with Crippen LogP contribution in [-0.2, 0) is 10.0 Å². The Labute approximate surface area is 125 Å². The number of hydrogen-bond donors (Lipinski definition) is 1. The van der Waals surface area contributed by atoms with Crippen molar-refractivity contribution in [2.24, 2.45) is 0 Å². The average Bonchev–Trinajstić information content (AvgIpc) is 2.48. The Kier molecular flexibility index (Phi) is 5.39. The van der Waals surface area contributed by atoms with Gasteiger partial charge < -0.3 is 9.84 Å². The van der Waals surface area contributed by atoms with Crippen LogP contribution < -0.4 is 4.74 Å². The molecule has 0 aliphatic carbocycles. The topological polar surface area (TPSA) is 66.8 Å². The molecule has 1 aliphatic heterocycles. The van der Waals surface area contributed by atoms with Crippen LogP contribution in [0.5, 0.6) is 5.75 Å². The molecule has 0 bridgehead atoms. The molecular formula is C15H21NO4S. The smallest absolute Gasteiger partial charge is 0.243 e. The zero-order chi connectivity index (χ0) is 15.3. The van der Waals surface area contributed by atoms with Crippen molar-refractivity contribution >= 4 is 10.0 Å². The number of hydrogen-bond acceptors (Lipinski definition) is 4. The minimum atomic E-state index is -3.44. The lowest BCUT2D eigenvalue weighted by Gasteiger charge is -2.25. The second-order valence-electron chi connectivity index (χ2n) is 5.07. The van der Waals surface area contributed by atoms with Crippen LogP contribution in [0.15, 0.2) is 40.8 Å². The highest BCUT2D eigenvalue weighted by atomic mass is 32.2. The fourth-order valence-corrected chi connectivity index (χ4v) is 3.69. The maximum atomic E-state index is 12.5. The zero-order valence-electron chi connectivity index (χ0n) is 12.2. The Bertz CT molecular complexity index is 593. The molecule has 0 atom stereocenters. The molecule has 1 aromatic rings. The van der Waals surface area contributed by atoms with Gasteiger partial charge in [-0.25, -0.2) is 8.42 Å². The van der Waals surface area contributed by atoms with E-state index in [1.807, 2.05) is 6.92 Å². The molecule has 1 aromatic carbocycles. The summed E-state index contributed by atoms with van der Waals surface area (Å²) in [5.74, 6) is 0.608. The lowest BCUT2D eigenvalue weighted by atomic mass is 10.2. The summed E-state index contributed by atoms with van der Waals surface area (Å²) < 4.78 is 32.0. The normalized spacial score (nSPS) is 16.6. The van der Waals surface area contributed by atoms with Gasteiger partial charge in [-0.3, -0.25) is 0 Å². The second-order valence-corrected chi connectivity index (χ2v) is 7.01. The van der Waals surface area contributed by atoms with Crippen LogP contribution in [0.1, 0.15) is 19.8 Å². The van der Waals surface area contributed by atoms with Gasteiger partial charge in [-0.05, 0) is 37.6 Å². The molecule has 1 aliphatic rings. The van der Waals surface area contributed by atoms with Gasteiger partial charge in [0.1, 0.15) is 5.75 Å². The first-order valence-electron chi connectivity index (χ1n) is 7.03. The van der Waals surface area contributed by atoms with Crippen LogP contribution >= 0.6 is 0 Å². The van der Waals surface area contributed by atoms with E-state index in [1.54, 1.807) is 24.3 Å². The maximum Gasteiger partial charge on any atom is 0.243 e. The zero-order valence-corrected chi connectivity index (χ0v) is 13.0. The minimum absolute atomic E-state index is 0.0777. The van der Waals surface area contributed by atoms with Gasteiger partial charge in [-0.1, -0.05) is 11.6 Å². The Morgan fingerprint density at radius 2 is 2.00 bits per heavy atom. The van der Waals surface area contributed by atoms with Crippen molar-refractivity contribution in [1.29, 1.82) is 0 Å². The molecule has 0 amide bonds. The first kappa shape index (κ1) is 16.0. The van der Waals surface area contributed by atoms with E-state index in [9.17, 15) is 8.42 Å². The van der Waals surface area contributed by atoms with Gasteiger partial charge in [0, 0.05) is 26.1 Å². The van der Waals surface area contributed by atoms with Gasteiger partial charge in [0.05, 0.1) is 11.5 Å². The fourth-order valence-electron chi connectivity index (χ4n) is 2.19. The molecule has 0 unspecified atom stereocenters. The van der Waals surface area contributed by atoms with Gasteiger partial charge in [-0.2, -0.15) is 4.31 Å². The fraction of sp³-hybridized carbons (Fsp3) is 0.467. The molecule has 0 radical (unpaired) electrons. The largest absolute Gasteiger partial charge is 0.494 e. The summed E-state index contributed by atoms with van der Waals surface area (Å²) in [5.41, 5.74) is 1.08. The average molecular weight is 311 g/mol. The third-order valence-corrected chi connectivity index (χ3v) is 5.19. The van der Waals surface area contributed by atoms with Crippen molar-refractivity contribution in [3.63, 3.8) is 0 Å². The van der Waals surface area contributed by atoms with E-state index in [2.05, 4.69) is 6.08 Å². The Morgan fingerprint density at radius 1 is 1.29 bits per heavy atom. The SMILES string of the molecule is CC1=CCCN(S(=O)(=O)c2ccc(OCCCO)cc2)C1. The minimum Gasteiger partial charge on any atom is -0.494 e. The Morgan fingerprint density at radius 3 is 2.62 bits per heavy atom. The first-order valence-corrected chi connectivity index (χ1v) is 8.47. The summed E-state index contributed by atoms with van der Waals surface area (Å²) in [7, 11) is -3.44. The van der Waals surface area contributed by atoms with E-state index in [0.717, 1.165) is 12.0 Å². The van der Waals surface area contributed by atoms with Crippen molar-refractivity contribution in [3.05, 3.63) is 35.9 Å². The molecule has 1 N–H and O–H groups in total. The van der Waals surface area contributed by atoms with Crippen LogP contribution in [0.2, 0.25) is 0 Å². The van der Waals surface area contributed by atoms with Crippen molar-refractivity contribution in [2.45, 2.75) is 24.7 Å². The van der Waals surface area contributed by atoms with Gasteiger partial charge in [0.25, 0.3) is 0 Å². The molecule has 116 valence electrons. The van der Waals surface area contributed by atoms with Crippen LogP contribution in [0.3, 0.4) is 0 Å². The highest BCUT2D eigenvalue weighted by molar-refractivity contribution is 7.89. The predicted molar refractivity (Wildman–Crippen MR) is 80.8 cm³/mol. The highest BCUT2D eigenvalue weighted by Crippen LogP contribution is 2.22. The molecule has 0 saturated heterocycles. The molecule has 21 heavy (non-hydrogen) atoms. The second kappa shape index (κ2) is 7.06. The van der Waals surface area contributed by atoms with Crippen molar-refractivity contribution in [3.8, 4) is 5.75 Å². The number of aliphatic hydroxyl groups excluding tert-OH is 1. The van der Waals surface area contributed by atoms with E-state index in [1.165, 1.54) is 4.31 Å². The number of ether oxygens (including phenoxy) is 1. The van der Waals surface area contributed by atoms with Crippen molar-refractivity contribution < 1.29 is 18.3 Å². The van der Waals surface area contributed by atoms with Crippen LogP contribution in [-0.4, -0.2) is 44.1 Å². The quantitative estimate of drug-likeness (QED) is 0.642. The van der Waals surface area contributed by atoms with Gasteiger partial charge in [-0.15, -0.1) is 0 Å². The van der Waals surface area contributed by atoms with Gasteiger partial charge in [0.2, 0.25) is 10.0 Å². The van der Waals surface area contributed by atoms with E-state index < -0.39 is 10.0 Å². The monoisotopic (exact) mass is 311 g/mol. The standard InChI is InChI=1S/C15H21NO4S/c1-13-4-2-9-16(12-13)21(18,19)15-7-5-14(6-8-15)20-11-3-10-17/h4-8,17H,2-3,9-12H2,1H3. The van der Waals surface area contributed by atoms with E-state index in [-0.39, 0.29) is 11.5 Å². The molecule has 5 nitrogen and oxygen atoms in total. The summed E-state index contributed by atoms with van der Waals surface area (Å²) in [6.07, 6.45) is 3.39. The molecule has 1 heterocycles. The third kappa shape index (κ3) is 4.06. The van der Waals surface area contributed by atoms with Crippen molar-refractivity contribution in [1.82, 2.24) is 4.31 Å². The van der Waals surface area contributed by atoms with Crippen LogP contribution in [0.4, 0.5) is 0 Å². The lowest BCUT2D eigenvalue weighted by Crippen LogP contribution is -2.35. The number of nitrogens with zero attached hydrogens (tertiary/aromatic N) is 1. The van der Waals surface area contributed by atoms with E-state index in [0.29, 0.717) is 31.9 Å². The molecule has 0 fully saturated rings. The number of benzene rings is 1. The van der Waals surface area contributed by atoms with Crippen LogP contribution in [0.25, 0.3) is 0 Å². The Hall–Kier alpha value is -1.37. The van der Waals surface area contributed by atoms with E-state index in [4.69, 9.17) is 9.84 Å². The van der Waals surface area contributed by atoms with Gasteiger partial charge in [0.15, 0.2) is 0 Å². The molecule has 0 aromatic heterocycles. The first-order chi connectivity index (χ1) is 10.0. The van der Waals surface area contributed by atoms with Crippen molar-refractivity contribution in [2.75, 3.05) is 26.3 Å². The summed E-state index contributed by atoms with van der Waals surface area (Å²) in [6, 6.07) is 6.43. The lowest BCUT2D eigenvalue weighted by molar-refractivity contribution is 0.233. The van der Waals surface area contributed by atoms with E-state index >= 15 is 0 Å². The molecule has 2 rings (SSSR count). The summed E-state index contributed by atoms with van der Waals surface area (Å²) in [5, 5.41) is 8.69. The predicted octanol–water partition coefficient (Wildman–Crippen LogP) is 1.79. The summed E-state index contributed by atoms with van der Waals surface area (Å²) >= 11 is 0.